The highest BCUT2D eigenvalue weighted by Gasteiger charge is 2.35. The summed E-state index contributed by atoms with van der Waals surface area (Å²) in [4.78, 5) is 33.2. The van der Waals surface area contributed by atoms with Crippen molar-refractivity contribution in [3.8, 4) is 10.4 Å². The molecular weight excluding hydrogens is 406 g/mol. The predicted octanol–water partition coefficient (Wildman–Crippen LogP) is 2.93. The summed E-state index contributed by atoms with van der Waals surface area (Å²) >= 11 is 1.54. The molecule has 5 rings (SSSR count). The maximum absolute atomic E-state index is 13.2. The van der Waals surface area contributed by atoms with Gasteiger partial charge in [0.15, 0.2) is 0 Å². The average Bonchev–Trinajstić information content (AvgIpc) is 3.48. The molecule has 1 aromatic heterocycles. The van der Waals surface area contributed by atoms with Gasteiger partial charge in [-0.15, -0.1) is 11.3 Å². The van der Waals surface area contributed by atoms with Crippen LogP contribution >= 0.6 is 11.3 Å². The Labute approximate surface area is 188 Å². The maximum atomic E-state index is 13.2. The van der Waals surface area contributed by atoms with Gasteiger partial charge in [-0.05, 0) is 56.0 Å². The zero-order chi connectivity index (χ0) is 21.4. The molecule has 3 unspecified atom stereocenters. The second-order valence-electron chi connectivity index (χ2n) is 9.34. The van der Waals surface area contributed by atoms with Crippen molar-refractivity contribution in [3.63, 3.8) is 0 Å². The molecule has 3 aliphatic rings. The van der Waals surface area contributed by atoms with Gasteiger partial charge in [0.05, 0.1) is 30.1 Å². The summed E-state index contributed by atoms with van der Waals surface area (Å²) in [6.07, 6.45) is 5.97. The molecule has 0 saturated carbocycles. The summed E-state index contributed by atoms with van der Waals surface area (Å²) in [6, 6.07) is 13.0. The SMILES string of the molecule is CC1CCC[NH+]1CC1CCCN1C(=O)c1ccc(-c2ccc(C(=O)N3CCC3)s2)cc1. The first-order valence-corrected chi connectivity index (χ1v) is 12.6. The number of likely N-dealkylation sites (tertiary alicyclic amines) is 3. The number of carbonyl (C=O) groups is 2. The fourth-order valence-electron chi connectivity index (χ4n) is 5.23. The summed E-state index contributed by atoms with van der Waals surface area (Å²) in [5.41, 5.74) is 1.84. The molecule has 2 amide bonds. The molecule has 3 atom stereocenters. The third kappa shape index (κ3) is 4.15. The van der Waals surface area contributed by atoms with Crippen molar-refractivity contribution in [1.82, 2.24) is 9.80 Å². The zero-order valence-corrected chi connectivity index (χ0v) is 19.1. The van der Waals surface area contributed by atoms with Crippen LogP contribution in [-0.4, -0.2) is 66.4 Å². The Morgan fingerprint density at radius 3 is 2.45 bits per heavy atom. The van der Waals surface area contributed by atoms with E-state index >= 15 is 0 Å². The number of hydrogen-bond acceptors (Lipinski definition) is 3. The van der Waals surface area contributed by atoms with Crippen molar-refractivity contribution >= 4 is 23.2 Å². The summed E-state index contributed by atoms with van der Waals surface area (Å²) in [7, 11) is 0. The van der Waals surface area contributed by atoms with Crippen LogP contribution in [0.5, 0.6) is 0 Å². The smallest absolute Gasteiger partial charge is 0.263 e. The molecule has 31 heavy (non-hydrogen) atoms. The molecule has 164 valence electrons. The van der Waals surface area contributed by atoms with Crippen molar-refractivity contribution in [1.29, 1.82) is 0 Å². The molecule has 2 aromatic rings. The summed E-state index contributed by atoms with van der Waals surface area (Å²) in [6.45, 7) is 7.30. The Morgan fingerprint density at radius 1 is 0.968 bits per heavy atom. The van der Waals surface area contributed by atoms with Gasteiger partial charge in [-0.1, -0.05) is 12.1 Å². The minimum absolute atomic E-state index is 0.142. The Bertz CT molecular complexity index is 950. The third-order valence-corrected chi connectivity index (χ3v) is 8.47. The summed E-state index contributed by atoms with van der Waals surface area (Å²) in [5.74, 6) is 0.309. The van der Waals surface area contributed by atoms with Gasteiger partial charge in [0, 0.05) is 42.9 Å². The first kappa shape index (κ1) is 20.7. The highest BCUT2D eigenvalue weighted by molar-refractivity contribution is 7.17. The molecule has 5 nitrogen and oxygen atoms in total. The van der Waals surface area contributed by atoms with Crippen LogP contribution in [-0.2, 0) is 0 Å². The van der Waals surface area contributed by atoms with E-state index < -0.39 is 0 Å². The second kappa shape index (κ2) is 8.75. The molecule has 1 aromatic carbocycles. The maximum Gasteiger partial charge on any atom is 0.263 e. The molecule has 0 radical (unpaired) electrons. The lowest BCUT2D eigenvalue weighted by Crippen LogP contribution is -3.14. The number of amides is 2. The molecule has 3 aliphatic heterocycles. The molecular formula is C25H32N3O2S+. The lowest BCUT2D eigenvalue weighted by Gasteiger charge is -2.30. The zero-order valence-electron chi connectivity index (χ0n) is 18.3. The summed E-state index contributed by atoms with van der Waals surface area (Å²) in [5, 5.41) is 0. The monoisotopic (exact) mass is 438 g/mol. The topological polar surface area (TPSA) is 45.1 Å². The fraction of sp³-hybridized carbons (Fsp3) is 0.520. The van der Waals surface area contributed by atoms with Gasteiger partial charge in [0.1, 0.15) is 0 Å². The number of hydrogen-bond donors (Lipinski definition) is 1. The number of benzene rings is 1. The van der Waals surface area contributed by atoms with Gasteiger partial charge in [-0.3, -0.25) is 9.59 Å². The molecule has 4 heterocycles. The number of rotatable bonds is 5. The molecule has 0 spiro atoms. The Hall–Kier alpha value is -2.18. The number of thiophene rings is 1. The highest BCUT2D eigenvalue weighted by atomic mass is 32.1. The molecule has 0 bridgehead atoms. The van der Waals surface area contributed by atoms with Crippen molar-refractivity contribution in [2.24, 2.45) is 0 Å². The molecule has 6 heteroatoms. The van der Waals surface area contributed by atoms with Crippen LogP contribution in [0.4, 0.5) is 0 Å². The molecule has 1 N–H and O–H groups in total. The van der Waals surface area contributed by atoms with Gasteiger partial charge in [0.25, 0.3) is 11.8 Å². The minimum atomic E-state index is 0.142. The highest BCUT2D eigenvalue weighted by Crippen LogP contribution is 2.30. The van der Waals surface area contributed by atoms with Gasteiger partial charge in [0.2, 0.25) is 0 Å². The average molecular weight is 439 g/mol. The summed E-state index contributed by atoms with van der Waals surface area (Å²) < 4.78 is 0. The quantitative estimate of drug-likeness (QED) is 0.780. The van der Waals surface area contributed by atoms with E-state index in [2.05, 4.69) is 11.8 Å². The van der Waals surface area contributed by atoms with Crippen molar-refractivity contribution in [2.75, 3.05) is 32.7 Å². The Kier molecular flexibility index (Phi) is 5.85. The van der Waals surface area contributed by atoms with Gasteiger partial charge in [-0.25, -0.2) is 0 Å². The van der Waals surface area contributed by atoms with Crippen LogP contribution in [0, 0.1) is 0 Å². The first-order chi connectivity index (χ1) is 15.1. The van der Waals surface area contributed by atoms with E-state index in [0.717, 1.165) is 72.4 Å². The minimum Gasteiger partial charge on any atom is -0.338 e. The fourth-order valence-corrected chi connectivity index (χ4v) is 6.21. The van der Waals surface area contributed by atoms with E-state index in [1.807, 2.05) is 41.3 Å². The second-order valence-corrected chi connectivity index (χ2v) is 10.4. The number of carbonyl (C=O) groups excluding carboxylic acids is 2. The normalized spacial score (nSPS) is 25.6. The third-order valence-electron chi connectivity index (χ3n) is 7.34. The van der Waals surface area contributed by atoms with Crippen LogP contribution in [0.3, 0.4) is 0 Å². The van der Waals surface area contributed by atoms with Crippen LogP contribution < -0.4 is 4.90 Å². The van der Waals surface area contributed by atoms with E-state index in [1.165, 1.54) is 19.4 Å². The van der Waals surface area contributed by atoms with Crippen LogP contribution in [0.1, 0.15) is 59.1 Å². The standard InChI is InChI=1S/C25H31N3O2S/c1-18-5-2-13-27(18)17-21-6-3-16-28(21)24(29)20-9-7-19(8-10-20)22-11-12-23(31-22)25(30)26-14-4-15-26/h7-12,18,21H,2-6,13-17H2,1H3/p+1. The van der Waals surface area contributed by atoms with E-state index in [-0.39, 0.29) is 11.8 Å². The number of quaternary nitrogens is 1. The predicted molar refractivity (Wildman–Crippen MR) is 124 cm³/mol. The van der Waals surface area contributed by atoms with Gasteiger partial charge >= 0.3 is 0 Å². The largest absolute Gasteiger partial charge is 0.338 e. The molecule has 0 aliphatic carbocycles. The van der Waals surface area contributed by atoms with Crippen LogP contribution in [0.25, 0.3) is 10.4 Å². The number of nitrogens with zero attached hydrogens (tertiary/aromatic N) is 2. The Balaban J connectivity index is 1.25. The lowest BCUT2D eigenvalue weighted by molar-refractivity contribution is -0.912. The van der Waals surface area contributed by atoms with Crippen molar-refractivity contribution in [2.45, 2.75) is 51.1 Å². The number of nitrogens with one attached hydrogen (secondary N) is 1. The first-order valence-electron chi connectivity index (χ1n) is 11.8. The Morgan fingerprint density at radius 2 is 1.77 bits per heavy atom. The van der Waals surface area contributed by atoms with Crippen molar-refractivity contribution < 1.29 is 14.5 Å². The van der Waals surface area contributed by atoms with E-state index in [1.54, 1.807) is 16.2 Å². The van der Waals surface area contributed by atoms with Crippen molar-refractivity contribution in [3.05, 3.63) is 46.8 Å². The van der Waals surface area contributed by atoms with Gasteiger partial charge in [-0.2, -0.15) is 0 Å². The van der Waals surface area contributed by atoms with Crippen LogP contribution in [0.2, 0.25) is 0 Å². The van der Waals surface area contributed by atoms with E-state index in [9.17, 15) is 9.59 Å². The molecule has 3 saturated heterocycles. The molecule has 3 fully saturated rings. The van der Waals surface area contributed by atoms with E-state index in [0.29, 0.717) is 6.04 Å². The van der Waals surface area contributed by atoms with Crippen LogP contribution in [0.15, 0.2) is 36.4 Å². The van der Waals surface area contributed by atoms with E-state index in [4.69, 9.17) is 0 Å². The lowest BCUT2D eigenvalue weighted by atomic mass is 10.1. The van der Waals surface area contributed by atoms with Gasteiger partial charge < -0.3 is 14.7 Å².